The second-order valence-electron chi connectivity index (χ2n) is 3.98. The van der Waals surface area contributed by atoms with Gasteiger partial charge in [-0.15, -0.1) is 0 Å². The zero-order valence-corrected chi connectivity index (χ0v) is 10.5. The normalized spacial score (nSPS) is 9.74. The van der Waals surface area contributed by atoms with E-state index >= 15 is 0 Å². The largest absolute Gasteiger partial charge is 0.493 e. The fourth-order valence-corrected chi connectivity index (χ4v) is 1.50. The summed E-state index contributed by atoms with van der Waals surface area (Å²) in [5.41, 5.74) is 2.06. The summed E-state index contributed by atoms with van der Waals surface area (Å²) in [6, 6.07) is 5.88. The van der Waals surface area contributed by atoms with Gasteiger partial charge < -0.3 is 4.74 Å². The van der Waals surface area contributed by atoms with Crippen molar-refractivity contribution in [3.8, 4) is 11.8 Å². The van der Waals surface area contributed by atoms with Crippen molar-refractivity contribution >= 4 is 5.91 Å². The molecule has 102 valence electrons. The molecular weight excluding hydrogens is 249 g/mol. The molecule has 0 bridgehead atoms. The molecular formula is C13H16FN3O2. The molecule has 6 heteroatoms. The van der Waals surface area contributed by atoms with Gasteiger partial charge in [-0.1, -0.05) is 0 Å². The van der Waals surface area contributed by atoms with E-state index in [4.69, 9.17) is 15.8 Å². The molecule has 0 aliphatic carbocycles. The lowest BCUT2D eigenvalue weighted by molar-refractivity contribution is -0.121. The zero-order valence-electron chi connectivity index (χ0n) is 10.5. The molecule has 0 spiro atoms. The lowest BCUT2D eigenvalue weighted by Crippen LogP contribution is -2.29. The van der Waals surface area contributed by atoms with Crippen molar-refractivity contribution in [1.82, 2.24) is 5.43 Å². The predicted molar refractivity (Wildman–Crippen MR) is 67.4 cm³/mol. The number of benzene rings is 1. The highest BCUT2D eigenvalue weighted by Crippen LogP contribution is 2.16. The standard InChI is InChI=1S/C13H16FN3O2/c14-12-8-11(6-5-10(12)9-15)19-7-3-1-2-4-13(18)17-16/h5-6,8H,1-4,7,16H2,(H,17,18). The van der Waals surface area contributed by atoms with Gasteiger partial charge in [0.05, 0.1) is 12.2 Å². The first-order chi connectivity index (χ1) is 9.17. The van der Waals surface area contributed by atoms with Gasteiger partial charge in [0.2, 0.25) is 5.91 Å². The molecule has 1 aromatic rings. The van der Waals surface area contributed by atoms with E-state index < -0.39 is 5.82 Å². The van der Waals surface area contributed by atoms with Crippen LogP contribution in [0.2, 0.25) is 0 Å². The Morgan fingerprint density at radius 2 is 2.21 bits per heavy atom. The Morgan fingerprint density at radius 1 is 1.42 bits per heavy atom. The van der Waals surface area contributed by atoms with E-state index in [9.17, 15) is 9.18 Å². The number of ether oxygens (including phenoxy) is 1. The third-order valence-electron chi connectivity index (χ3n) is 2.54. The minimum atomic E-state index is -0.584. The van der Waals surface area contributed by atoms with Crippen LogP contribution < -0.4 is 16.0 Å². The maximum atomic E-state index is 13.2. The topological polar surface area (TPSA) is 88.1 Å². The number of nitriles is 1. The van der Waals surface area contributed by atoms with E-state index in [0.29, 0.717) is 18.8 Å². The Bertz CT molecular complexity index is 471. The first-order valence-corrected chi connectivity index (χ1v) is 5.99. The fraction of sp³-hybridized carbons (Fsp3) is 0.385. The lowest BCUT2D eigenvalue weighted by atomic mass is 10.2. The highest BCUT2D eigenvalue weighted by atomic mass is 19.1. The van der Waals surface area contributed by atoms with Crippen molar-refractivity contribution in [3.63, 3.8) is 0 Å². The quantitative estimate of drug-likeness (QED) is 0.339. The summed E-state index contributed by atoms with van der Waals surface area (Å²) in [6.07, 6.45) is 2.71. The number of carbonyl (C=O) groups excluding carboxylic acids is 1. The monoisotopic (exact) mass is 265 g/mol. The van der Waals surface area contributed by atoms with Crippen molar-refractivity contribution < 1.29 is 13.9 Å². The van der Waals surface area contributed by atoms with Crippen molar-refractivity contribution in [2.45, 2.75) is 25.7 Å². The molecule has 0 fully saturated rings. The molecule has 5 nitrogen and oxygen atoms in total. The van der Waals surface area contributed by atoms with Crippen molar-refractivity contribution in [3.05, 3.63) is 29.6 Å². The predicted octanol–water partition coefficient (Wildman–Crippen LogP) is 1.63. The van der Waals surface area contributed by atoms with Crippen LogP contribution in [0.25, 0.3) is 0 Å². The third kappa shape index (κ3) is 5.36. The Labute approximate surface area is 111 Å². The van der Waals surface area contributed by atoms with Gasteiger partial charge in [0.25, 0.3) is 0 Å². The van der Waals surface area contributed by atoms with Crippen LogP contribution in [0.1, 0.15) is 31.2 Å². The zero-order chi connectivity index (χ0) is 14.1. The van der Waals surface area contributed by atoms with Crippen LogP contribution in [0.5, 0.6) is 5.75 Å². The van der Waals surface area contributed by atoms with Crippen LogP contribution in [0, 0.1) is 17.1 Å². The fourth-order valence-electron chi connectivity index (χ4n) is 1.50. The molecule has 0 heterocycles. The van der Waals surface area contributed by atoms with Gasteiger partial charge in [-0.05, 0) is 31.4 Å². The van der Waals surface area contributed by atoms with Crippen LogP contribution in [0.3, 0.4) is 0 Å². The molecule has 19 heavy (non-hydrogen) atoms. The van der Waals surface area contributed by atoms with E-state index in [-0.39, 0.29) is 11.5 Å². The Kier molecular flexibility index (Phi) is 6.33. The minimum Gasteiger partial charge on any atom is -0.493 e. The molecule has 0 saturated carbocycles. The smallest absolute Gasteiger partial charge is 0.233 e. The highest BCUT2D eigenvalue weighted by Gasteiger charge is 2.03. The number of amides is 1. The average molecular weight is 265 g/mol. The molecule has 0 saturated heterocycles. The number of halogens is 1. The summed E-state index contributed by atoms with van der Waals surface area (Å²) >= 11 is 0. The SMILES string of the molecule is N#Cc1ccc(OCCCCCC(=O)NN)cc1F. The lowest BCUT2D eigenvalue weighted by Gasteiger charge is -2.06. The Morgan fingerprint density at radius 3 is 2.84 bits per heavy atom. The van der Waals surface area contributed by atoms with Gasteiger partial charge in [-0.3, -0.25) is 10.2 Å². The number of hydrogen-bond donors (Lipinski definition) is 2. The van der Waals surface area contributed by atoms with Crippen molar-refractivity contribution in [2.75, 3.05) is 6.61 Å². The molecule has 1 amide bonds. The van der Waals surface area contributed by atoms with Gasteiger partial charge in [0, 0.05) is 12.5 Å². The number of nitrogens with one attached hydrogen (secondary N) is 1. The molecule has 0 aromatic heterocycles. The average Bonchev–Trinajstić information content (AvgIpc) is 2.42. The third-order valence-corrected chi connectivity index (χ3v) is 2.54. The van der Waals surface area contributed by atoms with Crippen molar-refractivity contribution in [2.24, 2.45) is 5.84 Å². The van der Waals surface area contributed by atoms with E-state index in [1.807, 2.05) is 0 Å². The van der Waals surface area contributed by atoms with E-state index in [2.05, 4.69) is 5.43 Å². The number of hydrogen-bond acceptors (Lipinski definition) is 4. The number of unbranched alkanes of at least 4 members (excludes halogenated alkanes) is 2. The maximum absolute atomic E-state index is 13.2. The van der Waals surface area contributed by atoms with Crippen LogP contribution in [0.4, 0.5) is 4.39 Å². The second kappa shape index (κ2) is 8.06. The Hall–Kier alpha value is -2.13. The maximum Gasteiger partial charge on any atom is 0.233 e. The number of nitrogens with zero attached hydrogens (tertiary/aromatic N) is 1. The number of nitrogens with two attached hydrogens (primary N) is 1. The summed E-state index contributed by atoms with van der Waals surface area (Å²) in [5, 5.41) is 8.58. The number of carbonyl (C=O) groups is 1. The van der Waals surface area contributed by atoms with E-state index in [0.717, 1.165) is 19.3 Å². The summed E-state index contributed by atoms with van der Waals surface area (Å²) in [7, 11) is 0. The second-order valence-corrected chi connectivity index (χ2v) is 3.98. The first kappa shape index (κ1) is 14.9. The van der Waals surface area contributed by atoms with Gasteiger partial charge in [0.15, 0.2) is 0 Å². The highest BCUT2D eigenvalue weighted by molar-refractivity contribution is 5.75. The number of rotatable bonds is 7. The van der Waals surface area contributed by atoms with Crippen LogP contribution in [0.15, 0.2) is 18.2 Å². The summed E-state index contributed by atoms with van der Waals surface area (Å²) in [4.78, 5) is 10.8. The molecule has 0 radical (unpaired) electrons. The minimum absolute atomic E-state index is 0.000136. The van der Waals surface area contributed by atoms with Crippen LogP contribution >= 0.6 is 0 Å². The van der Waals surface area contributed by atoms with E-state index in [1.165, 1.54) is 12.1 Å². The molecule has 0 aliphatic rings. The molecule has 0 atom stereocenters. The van der Waals surface area contributed by atoms with E-state index in [1.54, 1.807) is 12.1 Å². The van der Waals surface area contributed by atoms with Gasteiger partial charge >= 0.3 is 0 Å². The molecule has 1 rings (SSSR count). The Balaban J connectivity index is 2.21. The molecule has 0 aliphatic heterocycles. The van der Waals surface area contributed by atoms with Crippen molar-refractivity contribution in [1.29, 1.82) is 5.26 Å². The summed E-state index contributed by atoms with van der Waals surface area (Å²) < 4.78 is 18.6. The van der Waals surface area contributed by atoms with Gasteiger partial charge in [-0.25, -0.2) is 10.2 Å². The van der Waals surface area contributed by atoms with Crippen LogP contribution in [-0.2, 0) is 4.79 Å². The number of hydrazine groups is 1. The molecule has 3 N–H and O–H groups in total. The first-order valence-electron chi connectivity index (χ1n) is 5.99. The van der Waals surface area contributed by atoms with Crippen LogP contribution in [-0.4, -0.2) is 12.5 Å². The summed E-state index contributed by atoms with van der Waals surface area (Å²) in [5.74, 6) is 4.57. The van der Waals surface area contributed by atoms with Gasteiger partial charge in [-0.2, -0.15) is 5.26 Å². The van der Waals surface area contributed by atoms with Gasteiger partial charge in [0.1, 0.15) is 17.6 Å². The molecule has 1 aromatic carbocycles. The molecule has 0 unspecified atom stereocenters. The summed E-state index contributed by atoms with van der Waals surface area (Å²) in [6.45, 7) is 0.440.